The summed E-state index contributed by atoms with van der Waals surface area (Å²) in [5, 5.41) is 3.69. The molecule has 0 aromatic rings. The van der Waals surface area contributed by atoms with Gasteiger partial charge in [-0.15, -0.1) is 0 Å². The SMILES string of the molecule is CC(C)COC1CC(NCC(C)(C)C)C1(C)C. The van der Waals surface area contributed by atoms with E-state index in [1.54, 1.807) is 0 Å². The van der Waals surface area contributed by atoms with Crippen LogP contribution in [0.3, 0.4) is 0 Å². The Labute approximate surface area is 108 Å². The summed E-state index contributed by atoms with van der Waals surface area (Å²) in [7, 11) is 0. The number of hydrogen-bond acceptors (Lipinski definition) is 2. The molecular weight excluding hydrogens is 210 g/mol. The lowest BCUT2D eigenvalue weighted by atomic mass is 9.64. The molecule has 0 amide bonds. The van der Waals surface area contributed by atoms with Crippen molar-refractivity contribution in [2.75, 3.05) is 13.2 Å². The Morgan fingerprint density at radius 3 is 2.29 bits per heavy atom. The Kier molecular flexibility index (Phi) is 4.65. The van der Waals surface area contributed by atoms with Crippen molar-refractivity contribution in [3.63, 3.8) is 0 Å². The minimum absolute atomic E-state index is 0.278. The van der Waals surface area contributed by atoms with Crippen LogP contribution in [0.1, 0.15) is 54.9 Å². The number of ether oxygens (including phenoxy) is 1. The molecule has 0 bridgehead atoms. The summed E-state index contributed by atoms with van der Waals surface area (Å²) >= 11 is 0. The standard InChI is InChI=1S/C15H31NO/c1-11(2)9-17-13-8-12(15(13,6)7)16-10-14(3,4)5/h11-13,16H,8-10H2,1-7H3. The maximum Gasteiger partial charge on any atom is 0.0656 e. The lowest BCUT2D eigenvalue weighted by molar-refractivity contribution is -0.124. The Bertz CT molecular complexity index is 240. The van der Waals surface area contributed by atoms with Crippen LogP contribution >= 0.6 is 0 Å². The van der Waals surface area contributed by atoms with E-state index in [1.807, 2.05) is 0 Å². The van der Waals surface area contributed by atoms with E-state index in [9.17, 15) is 0 Å². The topological polar surface area (TPSA) is 21.3 Å². The van der Waals surface area contributed by atoms with E-state index in [0.29, 0.717) is 23.5 Å². The fourth-order valence-electron chi connectivity index (χ4n) is 2.25. The van der Waals surface area contributed by atoms with Crippen molar-refractivity contribution >= 4 is 0 Å². The maximum atomic E-state index is 5.98. The van der Waals surface area contributed by atoms with Crippen molar-refractivity contribution in [1.82, 2.24) is 5.32 Å². The van der Waals surface area contributed by atoms with Gasteiger partial charge in [0.15, 0.2) is 0 Å². The van der Waals surface area contributed by atoms with Crippen molar-refractivity contribution in [3.05, 3.63) is 0 Å². The predicted octanol–water partition coefficient (Wildman–Crippen LogP) is 3.46. The summed E-state index contributed by atoms with van der Waals surface area (Å²) in [5.74, 6) is 0.632. The third-order valence-electron chi connectivity index (χ3n) is 3.69. The highest BCUT2D eigenvalue weighted by Crippen LogP contribution is 2.43. The minimum Gasteiger partial charge on any atom is -0.377 e. The summed E-state index contributed by atoms with van der Waals surface area (Å²) in [6, 6.07) is 0.610. The van der Waals surface area contributed by atoms with Crippen LogP contribution in [0.25, 0.3) is 0 Å². The minimum atomic E-state index is 0.278. The van der Waals surface area contributed by atoms with Crippen LogP contribution in [0.2, 0.25) is 0 Å². The van der Waals surface area contributed by atoms with Crippen molar-refractivity contribution in [2.24, 2.45) is 16.7 Å². The van der Waals surface area contributed by atoms with Crippen LogP contribution in [-0.4, -0.2) is 25.3 Å². The first-order valence-electron chi connectivity index (χ1n) is 6.98. The fourth-order valence-corrected chi connectivity index (χ4v) is 2.25. The highest BCUT2D eigenvalue weighted by molar-refractivity contribution is 5.03. The predicted molar refractivity (Wildman–Crippen MR) is 74.2 cm³/mol. The third-order valence-corrected chi connectivity index (χ3v) is 3.69. The van der Waals surface area contributed by atoms with Crippen LogP contribution < -0.4 is 5.32 Å². The molecule has 0 aliphatic heterocycles. The second-order valence-corrected chi connectivity index (χ2v) is 7.77. The van der Waals surface area contributed by atoms with E-state index in [1.165, 1.54) is 0 Å². The summed E-state index contributed by atoms with van der Waals surface area (Å²) in [4.78, 5) is 0. The van der Waals surface area contributed by atoms with Crippen molar-refractivity contribution in [2.45, 2.75) is 67.0 Å². The number of rotatable bonds is 5. The van der Waals surface area contributed by atoms with Gasteiger partial charge in [-0.2, -0.15) is 0 Å². The number of hydrogen-bond donors (Lipinski definition) is 1. The molecule has 2 atom stereocenters. The molecule has 102 valence electrons. The average molecular weight is 241 g/mol. The maximum absolute atomic E-state index is 5.98. The van der Waals surface area contributed by atoms with E-state index >= 15 is 0 Å². The first-order valence-corrected chi connectivity index (χ1v) is 6.98. The van der Waals surface area contributed by atoms with Gasteiger partial charge < -0.3 is 10.1 Å². The lowest BCUT2D eigenvalue weighted by Gasteiger charge is -2.52. The van der Waals surface area contributed by atoms with Crippen molar-refractivity contribution in [3.8, 4) is 0 Å². The van der Waals surface area contributed by atoms with E-state index in [2.05, 4.69) is 53.8 Å². The summed E-state index contributed by atoms with van der Waals surface area (Å²) in [6.07, 6.45) is 1.60. The van der Waals surface area contributed by atoms with Gasteiger partial charge >= 0.3 is 0 Å². The van der Waals surface area contributed by atoms with Gasteiger partial charge in [0.25, 0.3) is 0 Å². The molecule has 1 rings (SSSR count). The molecule has 1 saturated carbocycles. The molecule has 0 spiro atoms. The molecule has 17 heavy (non-hydrogen) atoms. The lowest BCUT2D eigenvalue weighted by Crippen LogP contribution is -2.62. The molecule has 0 heterocycles. The first-order chi connectivity index (χ1) is 7.63. The van der Waals surface area contributed by atoms with Gasteiger partial charge in [0.2, 0.25) is 0 Å². The third kappa shape index (κ3) is 4.26. The zero-order valence-corrected chi connectivity index (χ0v) is 12.8. The van der Waals surface area contributed by atoms with Crippen LogP contribution in [0.5, 0.6) is 0 Å². The van der Waals surface area contributed by atoms with E-state index < -0.39 is 0 Å². The second-order valence-electron chi connectivity index (χ2n) is 7.77. The van der Waals surface area contributed by atoms with Gasteiger partial charge in [0.05, 0.1) is 6.10 Å². The fraction of sp³-hybridized carbons (Fsp3) is 1.00. The van der Waals surface area contributed by atoms with Gasteiger partial charge in [-0.05, 0) is 17.8 Å². The molecule has 0 saturated heterocycles. The van der Waals surface area contributed by atoms with Crippen LogP contribution in [0.15, 0.2) is 0 Å². The molecule has 2 nitrogen and oxygen atoms in total. The van der Waals surface area contributed by atoms with Crippen molar-refractivity contribution < 1.29 is 4.74 Å². The molecule has 1 fully saturated rings. The van der Waals surface area contributed by atoms with Gasteiger partial charge in [-0.25, -0.2) is 0 Å². The quantitative estimate of drug-likeness (QED) is 0.796. The molecule has 0 radical (unpaired) electrons. The van der Waals surface area contributed by atoms with Crippen LogP contribution in [0, 0.1) is 16.7 Å². The summed E-state index contributed by atoms with van der Waals surface area (Å²) in [5.41, 5.74) is 0.639. The molecule has 1 aliphatic rings. The highest BCUT2D eigenvalue weighted by atomic mass is 16.5. The molecule has 2 heteroatoms. The molecule has 2 unspecified atom stereocenters. The van der Waals surface area contributed by atoms with Gasteiger partial charge in [-0.3, -0.25) is 0 Å². The Balaban J connectivity index is 2.33. The largest absolute Gasteiger partial charge is 0.377 e. The molecule has 1 N–H and O–H groups in total. The summed E-state index contributed by atoms with van der Waals surface area (Å²) < 4.78 is 5.98. The summed E-state index contributed by atoms with van der Waals surface area (Å²) in [6.45, 7) is 17.9. The van der Waals surface area contributed by atoms with Crippen LogP contribution in [-0.2, 0) is 4.74 Å². The smallest absolute Gasteiger partial charge is 0.0656 e. The van der Waals surface area contributed by atoms with E-state index in [4.69, 9.17) is 4.74 Å². The molecule has 0 aromatic heterocycles. The van der Waals surface area contributed by atoms with Crippen LogP contribution in [0.4, 0.5) is 0 Å². The molecule has 1 aliphatic carbocycles. The zero-order chi connectivity index (χ0) is 13.3. The monoisotopic (exact) mass is 241 g/mol. The zero-order valence-electron chi connectivity index (χ0n) is 12.8. The Morgan fingerprint density at radius 2 is 1.88 bits per heavy atom. The average Bonchev–Trinajstić information content (AvgIpc) is 2.13. The second kappa shape index (κ2) is 5.27. The van der Waals surface area contributed by atoms with E-state index in [-0.39, 0.29) is 5.41 Å². The Hall–Kier alpha value is -0.0800. The van der Waals surface area contributed by atoms with E-state index in [0.717, 1.165) is 19.6 Å². The van der Waals surface area contributed by atoms with Crippen molar-refractivity contribution in [1.29, 1.82) is 0 Å². The number of nitrogens with one attached hydrogen (secondary N) is 1. The molecule has 0 aromatic carbocycles. The van der Waals surface area contributed by atoms with Gasteiger partial charge in [0.1, 0.15) is 0 Å². The normalized spacial score (nSPS) is 28.2. The Morgan fingerprint density at radius 1 is 1.29 bits per heavy atom. The van der Waals surface area contributed by atoms with Gasteiger partial charge in [0, 0.05) is 24.6 Å². The highest BCUT2D eigenvalue weighted by Gasteiger charge is 2.48. The first kappa shape index (κ1) is 15.0. The molecular formula is C15H31NO. The van der Waals surface area contributed by atoms with Gasteiger partial charge in [-0.1, -0.05) is 48.5 Å².